The second kappa shape index (κ2) is 5.64. The Morgan fingerprint density at radius 1 is 1.15 bits per heavy atom. The number of rotatable bonds is 4. The summed E-state index contributed by atoms with van der Waals surface area (Å²) < 4.78 is 26.6. The summed E-state index contributed by atoms with van der Waals surface area (Å²) in [5, 5.41) is 13.4. The standard InChI is InChI=1S/C14H12F2N2O2/c1-9(10-5-7-11(8-6-10)18(19)20)17-13-4-2-3-12(15)14(13)16/h2-9,17H,1H3. The molecule has 0 aliphatic carbocycles. The average Bonchev–Trinajstić information content (AvgIpc) is 2.44. The molecule has 0 aliphatic rings. The van der Waals surface area contributed by atoms with Crippen molar-refractivity contribution in [3.05, 3.63) is 69.8 Å². The second-order valence-corrected chi connectivity index (χ2v) is 4.32. The van der Waals surface area contributed by atoms with E-state index in [2.05, 4.69) is 5.32 Å². The molecule has 0 fully saturated rings. The molecule has 2 aromatic rings. The molecule has 0 amide bonds. The van der Waals surface area contributed by atoms with Gasteiger partial charge in [-0.3, -0.25) is 10.1 Å². The Hall–Kier alpha value is -2.50. The van der Waals surface area contributed by atoms with Crippen molar-refractivity contribution < 1.29 is 13.7 Å². The summed E-state index contributed by atoms with van der Waals surface area (Å²) in [6.45, 7) is 1.76. The summed E-state index contributed by atoms with van der Waals surface area (Å²) in [7, 11) is 0. The maximum Gasteiger partial charge on any atom is 0.269 e. The number of non-ortho nitro benzene ring substituents is 1. The molecule has 0 spiro atoms. The highest BCUT2D eigenvalue weighted by molar-refractivity contribution is 5.47. The van der Waals surface area contributed by atoms with E-state index in [-0.39, 0.29) is 17.4 Å². The van der Waals surface area contributed by atoms with Crippen molar-refractivity contribution in [3.63, 3.8) is 0 Å². The van der Waals surface area contributed by atoms with Crippen LogP contribution in [0.15, 0.2) is 42.5 Å². The Kier molecular flexibility index (Phi) is 3.93. The average molecular weight is 278 g/mol. The zero-order chi connectivity index (χ0) is 14.7. The third-order valence-electron chi connectivity index (χ3n) is 2.93. The fourth-order valence-electron chi connectivity index (χ4n) is 1.82. The van der Waals surface area contributed by atoms with Gasteiger partial charge in [-0.05, 0) is 24.6 Å². The van der Waals surface area contributed by atoms with Gasteiger partial charge in [0.1, 0.15) is 0 Å². The van der Waals surface area contributed by atoms with Gasteiger partial charge in [0.05, 0.1) is 10.6 Å². The van der Waals surface area contributed by atoms with E-state index in [1.165, 1.54) is 24.3 Å². The van der Waals surface area contributed by atoms with Crippen LogP contribution in [0.2, 0.25) is 0 Å². The molecular formula is C14H12F2N2O2. The lowest BCUT2D eigenvalue weighted by Crippen LogP contribution is -2.08. The number of nitro groups is 1. The summed E-state index contributed by atoms with van der Waals surface area (Å²) in [6.07, 6.45) is 0. The monoisotopic (exact) mass is 278 g/mol. The fourth-order valence-corrected chi connectivity index (χ4v) is 1.82. The molecule has 1 unspecified atom stereocenters. The van der Waals surface area contributed by atoms with Crippen molar-refractivity contribution >= 4 is 11.4 Å². The molecule has 0 saturated heterocycles. The normalized spacial score (nSPS) is 11.9. The van der Waals surface area contributed by atoms with Crippen LogP contribution in [-0.4, -0.2) is 4.92 Å². The number of halogens is 2. The number of hydrogen-bond donors (Lipinski definition) is 1. The summed E-state index contributed by atoms with van der Waals surface area (Å²) in [4.78, 5) is 10.1. The van der Waals surface area contributed by atoms with Crippen LogP contribution < -0.4 is 5.32 Å². The molecule has 4 nitrogen and oxygen atoms in total. The molecule has 2 aromatic carbocycles. The quantitative estimate of drug-likeness (QED) is 0.678. The highest BCUT2D eigenvalue weighted by Gasteiger charge is 2.12. The van der Waals surface area contributed by atoms with E-state index in [9.17, 15) is 18.9 Å². The Labute approximate surface area is 114 Å². The molecule has 2 rings (SSSR count). The molecule has 20 heavy (non-hydrogen) atoms. The lowest BCUT2D eigenvalue weighted by atomic mass is 10.1. The minimum absolute atomic E-state index is 0.0158. The van der Waals surface area contributed by atoms with Gasteiger partial charge in [0.2, 0.25) is 0 Å². The molecule has 0 bridgehead atoms. The van der Waals surface area contributed by atoms with Gasteiger partial charge >= 0.3 is 0 Å². The van der Waals surface area contributed by atoms with E-state index in [4.69, 9.17) is 0 Å². The number of nitrogens with one attached hydrogen (secondary N) is 1. The van der Waals surface area contributed by atoms with Gasteiger partial charge in [-0.15, -0.1) is 0 Å². The maximum absolute atomic E-state index is 13.5. The number of benzene rings is 2. The zero-order valence-electron chi connectivity index (χ0n) is 10.6. The van der Waals surface area contributed by atoms with E-state index in [0.29, 0.717) is 0 Å². The summed E-state index contributed by atoms with van der Waals surface area (Å²) >= 11 is 0. The Balaban J connectivity index is 2.17. The molecule has 1 atom stereocenters. The van der Waals surface area contributed by atoms with Crippen LogP contribution in [-0.2, 0) is 0 Å². The van der Waals surface area contributed by atoms with Crippen LogP contribution in [0.5, 0.6) is 0 Å². The van der Waals surface area contributed by atoms with Crippen molar-refractivity contribution in [2.24, 2.45) is 0 Å². The third-order valence-corrected chi connectivity index (χ3v) is 2.93. The van der Waals surface area contributed by atoms with Crippen molar-refractivity contribution in [1.29, 1.82) is 0 Å². The van der Waals surface area contributed by atoms with Gasteiger partial charge < -0.3 is 5.32 Å². The Bertz CT molecular complexity index is 630. The van der Waals surface area contributed by atoms with Gasteiger partial charge in [0.15, 0.2) is 11.6 Å². The SMILES string of the molecule is CC(Nc1cccc(F)c1F)c1ccc([N+](=O)[O-])cc1. The summed E-state index contributed by atoms with van der Waals surface area (Å²) in [5.74, 6) is -1.87. The molecule has 0 heterocycles. The highest BCUT2D eigenvalue weighted by Crippen LogP contribution is 2.24. The van der Waals surface area contributed by atoms with E-state index in [0.717, 1.165) is 11.6 Å². The number of anilines is 1. The first kappa shape index (κ1) is 13.9. The highest BCUT2D eigenvalue weighted by atomic mass is 19.2. The van der Waals surface area contributed by atoms with E-state index in [1.54, 1.807) is 19.1 Å². The van der Waals surface area contributed by atoms with Gasteiger partial charge in [-0.1, -0.05) is 18.2 Å². The predicted molar refractivity (Wildman–Crippen MR) is 71.5 cm³/mol. The first-order valence-electron chi connectivity index (χ1n) is 5.94. The predicted octanol–water partition coefficient (Wildman–Crippen LogP) is 4.05. The zero-order valence-corrected chi connectivity index (χ0v) is 10.6. The summed E-state index contributed by atoms with van der Waals surface area (Å²) in [5.41, 5.74) is 0.771. The van der Waals surface area contributed by atoms with Gasteiger partial charge in [-0.2, -0.15) is 0 Å². The Morgan fingerprint density at radius 2 is 1.80 bits per heavy atom. The lowest BCUT2D eigenvalue weighted by molar-refractivity contribution is -0.384. The topological polar surface area (TPSA) is 55.2 Å². The molecule has 0 saturated carbocycles. The number of nitrogens with zero attached hydrogens (tertiary/aromatic N) is 1. The van der Waals surface area contributed by atoms with Crippen molar-refractivity contribution in [1.82, 2.24) is 0 Å². The van der Waals surface area contributed by atoms with Gasteiger partial charge in [0, 0.05) is 18.2 Å². The minimum atomic E-state index is -0.943. The molecule has 0 aliphatic heterocycles. The number of nitro benzene ring substituents is 1. The molecule has 6 heteroatoms. The fraction of sp³-hybridized carbons (Fsp3) is 0.143. The first-order chi connectivity index (χ1) is 9.49. The molecule has 1 N–H and O–H groups in total. The minimum Gasteiger partial charge on any atom is -0.376 e. The van der Waals surface area contributed by atoms with Gasteiger partial charge in [0.25, 0.3) is 5.69 Å². The lowest BCUT2D eigenvalue weighted by Gasteiger charge is -2.16. The Morgan fingerprint density at radius 3 is 2.40 bits per heavy atom. The van der Waals surface area contributed by atoms with Crippen LogP contribution in [0.1, 0.15) is 18.5 Å². The van der Waals surface area contributed by atoms with E-state index >= 15 is 0 Å². The van der Waals surface area contributed by atoms with Crippen molar-refractivity contribution in [2.75, 3.05) is 5.32 Å². The number of hydrogen-bond acceptors (Lipinski definition) is 3. The second-order valence-electron chi connectivity index (χ2n) is 4.32. The van der Waals surface area contributed by atoms with Crippen LogP contribution in [0.25, 0.3) is 0 Å². The third kappa shape index (κ3) is 2.90. The molecule has 0 aromatic heterocycles. The van der Waals surface area contributed by atoms with Crippen LogP contribution in [0, 0.1) is 21.7 Å². The van der Waals surface area contributed by atoms with E-state index < -0.39 is 16.6 Å². The smallest absolute Gasteiger partial charge is 0.269 e. The van der Waals surface area contributed by atoms with Crippen LogP contribution in [0.4, 0.5) is 20.2 Å². The van der Waals surface area contributed by atoms with Crippen molar-refractivity contribution in [3.8, 4) is 0 Å². The van der Waals surface area contributed by atoms with Crippen LogP contribution >= 0.6 is 0 Å². The van der Waals surface area contributed by atoms with E-state index in [1.807, 2.05) is 0 Å². The summed E-state index contributed by atoms with van der Waals surface area (Å²) in [6, 6.07) is 9.46. The van der Waals surface area contributed by atoms with Crippen molar-refractivity contribution in [2.45, 2.75) is 13.0 Å². The molecular weight excluding hydrogens is 266 g/mol. The molecule has 104 valence electrons. The van der Waals surface area contributed by atoms with Gasteiger partial charge in [-0.25, -0.2) is 8.78 Å². The van der Waals surface area contributed by atoms with Crippen LogP contribution in [0.3, 0.4) is 0 Å². The first-order valence-corrected chi connectivity index (χ1v) is 5.94. The molecule has 0 radical (unpaired) electrons. The largest absolute Gasteiger partial charge is 0.376 e. The maximum atomic E-state index is 13.5.